The van der Waals surface area contributed by atoms with E-state index in [1.165, 1.54) is 4.90 Å². The summed E-state index contributed by atoms with van der Waals surface area (Å²) in [6.07, 6.45) is -0.407. The van der Waals surface area contributed by atoms with Gasteiger partial charge in [-0.05, 0) is 12.5 Å². The number of rotatable bonds is 4. The van der Waals surface area contributed by atoms with Crippen LogP contribution in [0.3, 0.4) is 0 Å². The first-order chi connectivity index (χ1) is 10.5. The fraction of sp³-hybridized carbons (Fsp3) is 0.438. The number of benzene rings is 1. The lowest BCUT2D eigenvalue weighted by atomic mass is 10.1. The minimum Gasteiger partial charge on any atom is -0.366 e. The van der Waals surface area contributed by atoms with Gasteiger partial charge in [-0.3, -0.25) is 9.59 Å². The maximum absolute atomic E-state index is 12.5. The summed E-state index contributed by atoms with van der Waals surface area (Å²) in [6.45, 7) is 2.08. The van der Waals surface area contributed by atoms with Gasteiger partial charge < -0.3 is 14.5 Å². The molecule has 1 aromatic carbocycles. The van der Waals surface area contributed by atoms with Gasteiger partial charge >= 0.3 is 0 Å². The second-order valence-electron chi connectivity index (χ2n) is 5.32. The van der Waals surface area contributed by atoms with E-state index in [1.807, 2.05) is 36.4 Å². The molecule has 0 aliphatic carbocycles. The molecule has 22 heavy (non-hydrogen) atoms. The minimum absolute atomic E-state index is 0.0184. The Labute approximate surface area is 129 Å². The lowest BCUT2D eigenvalue weighted by molar-refractivity contribution is -0.166. The second-order valence-corrected chi connectivity index (χ2v) is 5.32. The third kappa shape index (κ3) is 3.43. The van der Waals surface area contributed by atoms with Gasteiger partial charge in [-0.15, -0.1) is 0 Å². The maximum atomic E-state index is 12.5. The monoisotopic (exact) mass is 301 g/mol. The first kappa shape index (κ1) is 16.0. The van der Waals surface area contributed by atoms with Gasteiger partial charge in [-0.2, -0.15) is 5.26 Å². The fourth-order valence-corrected chi connectivity index (χ4v) is 2.50. The minimum atomic E-state index is -0.709. The number of amides is 2. The van der Waals surface area contributed by atoms with Crippen LogP contribution in [0.2, 0.25) is 0 Å². The lowest BCUT2D eigenvalue weighted by Gasteiger charge is -2.40. The van der Waals surface area contributed by atoms with Crippen molar-refractivity contribution < 1.29 is 14.3 Å². The molecular weight excluding hydrogens is 282 g/mol. The number of hydrogen-bond acceptors (Lipinski definition) is 4. The fourth-order valence-electron chi connectivity index (χ4n) is 2.50. The Kier molecular flexibility index (Phi) is 5.12. The van der Waals surface area contributed by atoms with E-state index in [0.717, 1.165) is 5.56 Å². The van der Waals surface area contributed by atoms with E-state index in [2.05, 4.69) is 0 Å². The lowest BCUT2D eigenvalue weighted by Crippen LogP contribution is -2.59. The second kappa shape index (κ2) is 7.05. The standard InChI is InChI=1S/C16H19N3O3/c1-12-15(16(21)18(2)9-8-17)19(14(20)11-22-12)10-13-6-4-3-5-7-13/h3-7,12,15H,9-11H2,1-2H3/t12-,15+/m1/s1. The van der Waals surface area contributed by atoms with Crippen LogP contribution in [0.25, 0.3) is 0 Å². The molecule has 6 nitrogen and oxygen atoms in total. The van der Waals surface area contributed by atoms with Crippen LogP contribution in [0.1, 0.15) is 12.5 Å². The zero-order valence-corrected chi connectivity index (χ0v) is 12.7. The van der Waals surface area contributed by atoms with Crippen LogP contribution in [-0.4, -0.2) is 54.0 Å². The summed E-state index contributed by atoms with van der Waals surface area (Å²) in [7, 11) is 1.55. The van der Waals surface area contributed by atoms with E-state index in [4.69, 9.17) is 10.00 Å². The highest BCUT2D eigenvalue weighted by Gasteiger charge is 2.40. The molecule has 0 bridgehead atoms. The summed E-state index contributed by atoms with van der Waals surface area (Å²) in [6, 6.07) is 10.7. The third-order valence-corrected chi connectivity index (χ3v) is 3.70. The SMILES string of the molecule is C[C@H]1OCC(=O)N(Cc2ccccc2)[C@@H]1C(=O)N(C)CC#N. The van der Waals surface area contributed by atoms with Crippen molar-refractivity contribution in [3.63, 3.8) is 0 Å². The average Bonchev–Trinajstić information content (AvgIpc) is 2.52. The Morgan fingerprint density at radius 2 is 2.14 bits per heavy atom. The van der Waals surface area contributed by atoms with E-state index < -0.39 is 12.1 Å². The highest BCUT2D eigenvalue weighted by Crippen LogP contribution is 2.20. The Bertz CT molecular complexity index is 582. The average molecular weight is 301 g/mol. The molecular formula is C16H19N3O3. The van der Waals surface area contributed by atoms with Crippen molar-refractivity contribution in [2.75, 3.05) is 20.2 Å². The van der Waals surface area contributed by atoms with Crippen molar-refractivity contribution in [1.82, 2.24) is 9.80 Å². The van der Waals surface area contributed by atoms with Gasteiger partial charge in [0, 0.05) is 13.6 Å². The molecule has 1 saturated heterocycles. The Morgan fingerprint density at radius 1 is 1.45 bits per heavy atom. The van der Waals surface area contributed by atoms with Crippen molar-refractivity contribution in [3.05, 3.63) is 35.9 Å². The van der Waals surface area contributed by atoms with Gasteiger partial charge in [0.25, 0.3) is 0 Å². The highest BCUT2D eigenvalue weighted by atomic mass is 16.5. The van der Waals surface area contributed by atoms with Crippen molar-refractivity contribution in [1.29, 1.82) is 5.26 Å². The van der Waals surface area contributed by atoms with Crippen LogP contribution >= 0.6 is 0 Å². The molecule has 1 aliphatic rings. The molecule has 1 heterocycles. The zero-order valence-electron chi connectivity index (χ0n) is 12.7. The zero-order chi connectivity index (χ0) is 16.1. The van der Waals surface area contributed by atoms with E-state index in [0.29, 0.717) is 6.54 Å². The molecule has 0 radical (unpaired) electrons. The Balaban J connectivity index is 2.23. The van der Waals surface area contributed by atoms with Crippen molar-refractivity contribution >= 4 is 11.8 Å². The number of nitriles is 1. The number of hydrogen-bond donors (Lipinski definition) is 0. The Hall–Kier alpha value is -2.39. The van der Waals surface area contributed by atoms with E-state index in [-0.39, 0.29) is 25.0 Å². The predicted molar refractivity (Wildman–Crippen MR) is 79.4 cm³/mol. The van der Waals surface area contributed by atoms with Crippen LogP contribution < -0.4 is 0 Å². The summed E-state index contributed by atoms with van der Waals surface area (Å²) < 4.78 is 5.40. The molecule has 116 valence electrons. The molecule has 0 N–H and O–H groups in total. The van der Waals surface area contributed by atoms with Crippen LogP contribution in [0.15, 0.2) is 30.3 Å². The normalized spacial score (nSPS) is 21.3. The molecule has 0 saturated carbocycles. The van der Waals surface area contributed by atoms with Gasteiger partial charge in [0.1, 0.15) is 19.2 Å². The Morgan fingerprint density at radius 3 is 2.77 bits per heavy atom. The van der Waals surface area contributed by atoms with Crippen molar-refractivity contribution in [2.24, 2.45) is 0 Å². The van der Waals surface area contributed by atoms with Crippen molar-refractivity contribution in [2.45, 2.75) is 25.6 Å². The van der Waals surface area contributed by atoms with Gasteiger partial charge in [-0.1, -0.05) is 30.3 Å². The third-order valence-electron chi connectivity index (χ3n) is 3.70. The first-order valence-electron chi connectivity index (χ1n) is 7.11. The summed E-state index contributed by atoms with van der Waals surface area (Å²) in [5, 5.41) is 8.75. The largest absolute Gasteiger partial charge is 0.366 e. The molecule has 2 atom stereocenters. The summed E-state index contributed by atoms with van der Waals surface area (Å²) >= 11 is 0. The quantitative estimate of drug-likeness (QED) is 0.771. The van der Waals surface area contributed by atoms with Gasteiger partial charge in [-0.25, -0.2) is 0 Å². The topological polar surface area (TPSA) is 73.6 Å². The van der Waals surface area contributed by atoms with Crippen LogP contribution in [0.4, 0.5) is 0 Å². The molecule has 1 aromatic rings. The molecule has 2 amide bonds. The molecule has 2 rings (SSSR count). The summed E-state index contributed by atoms with van der Waals surface area (Å²) in [4.78, 5) is 27.6. The molecule has 1 fully saturated rings. The molecule has 6 heteroatoms. The van der Waals surface area contributed by atoms with Crippen LogP contribution in [-0.2, 0) is 20.9 Å². The first-order valence-corrected chi connectivity index (χ1v) is 7.11. The van der Waals surface area contributed by atoms with E-state index >= 15 is 0 Å². The molecule has 0 unspecified atom stereocenters. The van der Waals surface area contributed by atoms with Gasteiger partial charge in [0.2, 0.25) is 11.8 Å². The van der Waals surface area contributed by atoms with E-state index in [9.17, 15) is 9.59 Å². The predicted octanol–water partition coefficient (Wildman–Crippen LogP) is 0.784. The smallest absolute Gasteiger partial charge is 0.249 e. The number of likely N-dealkylation sites (N-methyl/N-ethyl adjacent to an activating group) is 1. The van der Waals surface area contributed by atoms with Crippen LogP contribution in [0, 0.1) is 11.3 Å². The van der Waals surface area contributed by atoms with Crippen LogP contribution in [0.5, 0.6) is 0 Å². The number of carbonyl (C=O) groups excluding carboxylic acids is 2. The number of nitrogens with zero attached hydrogens (tertiary/aromatic N) is 3. The number of ether oxygens (including phenoxy) is 1. The maximum Gasteiger partial charge on any atom is 0.249 e. The number of morpholine rings is 1. The van der Waals surface area contributed by atoms with Gasteiger partial charge in [0.05, 0.1) is 12.2 Å². The van der Waals surface area contributed by atoms with Gasteiger partial charge in [0.15, 0.2) is 0 Å². The molecule has 1 aliphatic heterocycles. The van der Waals surface area contributed by atoms with E-state index in [1.54, 1.807) is 18.9 Å². The number of carbonyl (C=O) groups is 2. The summed E-state index contributed by atoms with van der Waals surface area (Å²) in [5.41, 5.74) is 0.950. The highest BCUT2D eigenvalue weighted by molar-refractivity contribution is 5.89. The van der Waals surface area contributed by atoms with Crippen molar-refractivity contribution in [3.8, 4) is 6.07 Å². The summed E-state index contributed by atoms with van der Waals surface area (Å²) in [5.74, 6) is -0.497. The molecule has 0 spiro atoms. The molecule has 0 aromatic heterocycles.